The molecule has 1 saturated heterocycles. The Morgan fingerprint density at radius 3 is 2.82 bits per heavy atom. The van der Waals surface area contributed by atoms with Gasteiger partial charge in [0.05, 0.1) is 4.92 Å². The van der Waals surface area contributed by atoms with E-state index < -0.39 is 4.92 Å². The lowest BCUT2D eigenvalue weighted by Gasteiger charge is -2.28. The van der Waals surface area contributed by atoms with E-state index in [4.69, 9.17) is 0 Å². The Hall–Kier alpha value is -1.91. The summed E-state index contributed by atoms with van der Waals surface area (Å²) in [6, 6.07) is 3.66. The molecule has 0 atom stereocenters. The van der Waals surface area contributed by atoms with Gasteiger partial charge in [-0.3, -0.25) is 10.1 Å². The van der Waals surface area contributed by atoms with Crippen LogP contribution < -0.4 is 4.90 Å². The summed E-state index contributed by atoms with van der Waals surface area (Å²) in [6.07, 6.45) is 7.78. The van der Waals surface area contributed by atoms with E-state index in [-0.39, 0.29) is 0 Å². The maximum absolute atomic E-state index is 10.3. The molecule has 0 unspecified atom stereocenters. The molecule has 2 rings (SSSR count). The van der Waals surface area contributed by atoms with Gasteiger partial charge in [0.25, 0.3) is 0 Å². The number of pyridine rings is 1. The van der Waals surface area contributed by atoms with E-state index in [1.54, 1.807) is 12.3 Å². The first kappa shape index (κ1) is 11.6. The van der Waals surface area contributed by atoms with Crippen LogP contribution in [0.5, 0.6) is 0 Å². The van der Waals surface area contributed by atoms with E-state index >= 15 is 0 Å². The van der Waals surface area contributed by atoms with E-state index in [2.05, 4.69) is 9.88 Å². The molecule has 1 fully saturated rings. The second kappa shape index (κ2) is 5.43. The minimum absolute atomic E-state index is 0.451. The quantitative estimate of drug-likeness (QED) is 0.593. The van der Waals surface area contributed by atoms with Crippen LogP contribution in [0.15, 0.2) is 24.5 Å². The largest absolute Gasteiger partial charge is 0.356 e. The molecule has 1 aromatic rings. The third kappa shape index (κ3) is 3.03. The predicted octanol–water partition coefficient (Wildman–Crippen LogP) is 2.32. The summed E-state index contributed by atoms with van der Waals surface area (Å²) in [6.45, 7) is 1.96. The third-order valence-electron chi connectivity index (χ3n) is 2.85. The maximum Gasteiger partial charge on any atom is 0.235 e. The Balaban J connectivity index is 2.23. The van der Waals surface area contributed by atoms with Gasteiger partial charge in [-0.05, 0) is 31.4 Å². The summed E-state index contributed by atoms with van der Waals surface area (Å²) >= 11 is 0. The van der Waals surface area contributed by atoms with Gasteiger partial charge in [0.1, 0.15) is 5.82 Å². The van der Waals surface area contributed by atoms with Crippen LogP contribution in [0.3, 0.4) is 0 Å². The highest BCUT2D eigenvalue weighted by Gasteiger charge is 2.14. The summed E-state index contributed by atoms with van der Waals surface area (Å²) < 4.78 is 0. The van der Waals surface area contributed by atoms with Crippen molar-refractivity contribution in [2.24, 2.45) is 0 Å². The Bertz CT molecular complexity index is 426. The van der Waals surface area contributed by atoms with E-state index in [0.717, 1.165) is 43.5 Å². The molecule has 0 saturated carbocycles. The van der Waals surface area contributed by atoms with Crippen molar-refractivity contribution in [2.75, 3.05) is 18.0 Å². The van der Waals surface area contributed by atoms with Crippen LogP contribution in [-0.2, 0) is 0 Å². The number of hydrogen-bond acceptors (Lipinski definition) is 4. The van der Waals surface area contributed by atoms with Gasteiger partial charge in [0, 0.05) is 30.9 Å². The lowest BCUT2D eigenvalue weighted by molar-refractivity contribution is -0.400. The van der Waals surface area contributed by atoms with E-state index in [1.165, 1.54) is 12.5 Å². The third-order valence-corrected chi connectivity index (χ3v) is 2.85. The van der Waals surface area contributed by atoms with Crippen LogP contribution >= 0.6 is 0 Å². The molecule has 0 N–H and O–H groups in total. The number of nitrogens with zero attached hydrogens (tertiary/aromatic N) is 3. The van der Waals surface area contributed by atoms with Gasteiger partial charge in [-0.15, -0.1) is 0 Å². The van der Waals surface area contributed by atoms with E-state index in [9.17, 15) is 10.1 Å². The Labute approximate surface area is 99.9 Å². The van der Waals surface area contributed by atoms with Crippen molar-refractivity contribution in [3.05, 3.63) is 40.2 Å². The average Bonchev–Trinajstić information content (AvgIpc) is 2.38. The number of nitro groups is 1. The molecule has 17 heavy (non-hydrogen) atoms. The van der Waals surface area contributed by atoms with Crippen LogP contribution in [0, 0.1) is 10.1 Å². The van der Waals surface area contributed by atoms with Crippen molar-refractivity contribution in [2.45, 2.75) is 19.3 Å². The standard InChI is InChI=1S/C12H15N3O2/c16-15(17)10-6-11-5-4-7-13-12(11)14-8-2-1-3-9-14/h4-7,10H,1-3,8-9H2/b10-6+. The lowest BCUT2D eigenvalue weighted by Crippen LogP contribution is -2.30. The molecule has 0 aromatic carbocycles. The monoisotopic (exact) mass is 233 g/mol. The fourth-order valence-electron chi connectivity index (χ4n) is 2.05. The molecule has 1 aliphatic heterocycles. The molecule has 0 bridgehead atoms. The topological polar surface area (TPSA) is 59.3 Å². The predicted molar refractivity (Wildman–Crippen MR) is 66.3 cm³/mol. The molecular weight excluding hydrogens is 218 g/mol. The number of piperidine rings is 1. The zero-order valence-electron chi connectivity index (χ0n) is 9.58. The second-order valence-corrected chi connectivity index (χ2v) is 4.07. The zero-order valence-corrected chi connectivity index (χ0v) is 9.58. The first-order chi connectivity index (χ1) is 8.27. The number of hydrogen-bond donors (Lipinski definition) is 0. The van der Waals surface area contributed by atoms with Crippen molar-refractivity contribution in [1.29, 1.82) is 0 Å². The first-order valence-corrected chi connectivity index (χ1v) is 5.79. The van der Waals surface area contributed by atoms with Crippen molar-refractivity contribution in [3.8, 4) is 0 Å². The maximum atomic E-state index is 10.3. The molecule has 0 spiro atoms. The molecule has 2 heterocycles. The van der Waals surface area contributed by atoms with Gasteiger partial charge < -0.3 is 4.90 Å². The molecular formula is C12H15N3O2. The van der Waals surface area contributed by atoms with E-state index in [1.807, 2.05) is 6.07 Å². The second-order valence-electron chi connectivity index (χ2n) is 4.07. The Morgan fingerprint density at radius 1 is 1.35 bits per heavy atom. The molecule has 5 heteroatoms. The minimum Gasteiger partial charge on any atom is -0.356 e. The average molecular weight is 233 g/mol. The summed E-state index contributed by atoms with van der Waals surface area (Å²) in [5.74, 6) is 0.852. The zero-order chi connectivity index (χ0) is 12.1. The fraction of sp³-hybridized carbons (Fsp3) is 0.417. The van der Waals surface area contributed by atoms with Gasteiger partial charge in [-0.2, -0.15) is 0 Å². The SMILES string of the molecule is O=[N+]([O-])/C=C/c1cccnc1N1CCCCC1. The van der Waals surface area contributed by atoms with Gasteiger partial charge in [0.15, 0.2) is 0 Å². The number of aromatic nitrogens is 1. The highest BCUT2D eigenvalue weighted by Crippen LogP contribution is 2.22. The van der Waals surface area contributed by atoms with Crippen molar-refractivity contribution >= 4 is 11.9 Å². The highest BCUT2D eigenvalue weighted by molar-refractivity contribution is 5.63. The van der Waals surface area contributed by atoms with Crippen LogP contribution in [0.2, 0.25) is 0 Å². The fourth-order valence-corrected chi connectivity index (χ4v) is 2.05. The normalized spacial score (nSPS) is 16.4. The van der Waals surface area contributed by atoms with Crippen LogP contribution in [0.1, 0.15) is 24.8 Å². The number of anilines is 1. The van der Waals surface area contributed by atoms with Crippen LogP contribution in [0.25, 0.3) is 6.08 Å². The summed E-state index contributed by atoms with van der Waals surface area (Å²) in [4.78, 5) is 16.4. The molecule has 0 radical (unpaired) electrons. The molecule has 1 aliphatic rings. The summed E-state index contributed by atoms with van der Waals surface area (Å²) in [5, 5.41) is 10.3. The van der Waals surface area contributed by atoms with E-state index in [0.29, 0.717) is 0 Å². The van der Waals surface area contributed by atoms with Crippen molar-refractivity contribution < 1.29 is 4.92 Å². The van der Waals surface area contributed by atoms with Crippen molar-refractivity contribution in [3.63, 3.8) is 0 Å². The lowest BCUT2D eigenvalue weighted by atomic mass is 10.1. The Kier molecular flexibility index (Phi) is 3.69. The smallest absolute Gasteiger partial charge is 0.235 e. The summed E-state index contributed by atoms with van der Waals surface area (Å²) in [7, 11) is 0. The van der Waals surface area contributed by atoms with Crippen LogP contribution in [-0.4, -0.2) is 23.0 Å². The van der Waals surface area contributed by atoms with Gasteiger partial charge in [-0.1, -0.05) is 0 Å². The van der Waals surface area contributed by atoms with Gasteiger partial charge >= 0.3 is 0 Å². The van der Waals surface area contributed by atoms with Crippen molar-refractivity contribution in [1.82, 2.24) is 4.98 Å². The molecule has 0 aliphatic carbocycles. The molecule has 0 amide bonds. The summed E-state index contributed by atoms with van der Waals surface area (Å²) in [5.41, 5.74) is 0.811. The van der Waals surface area contributed by atoms with Gasteiger partial charge in [-0.25, -0.2) is 4.98 Å². The number of rotatable bonds is 3. The Morgan fingerprint density at radius 2 is 2.12 bits per heavy atom. The highest BCUT2D eigenvalue weighted by atomic mass is 16.6. The van der Waals surface area contributed by atoms with Gasteiger partial charge in [0.2, 0.25) is 6.20 Å². The molecule has 90 valence electrons. The molecule has 5 nitrogen and oxygen atoms in total. The molecule has 1 aromatic heterocycles. The first-order valence-electron chi connectivity index (χ1n) is 5.79. The van der Waals surface area contributed by atoms with Crippen LogP contribution in [0.4, 0.5) is 5.82 Å². The minimum atomic E-state index is -0.451.